The minimum Gasteiger partial charge on any atom is -0.373 e. The number of hydrogen-bond acceptors (Lipinski definition) is 4. The Bertz CT molecular complexity index is 1380. The van der Waals surface area contributed by atoms with Crippen molar-refractivity contribution in [1.29, 1.82) is 0 Å². The van der Waals surface area contributed by atoms with Crippen molar-refractivity contribution in [2.24, 2.45) is 7.05 Å². The molecular formula is C24H22N6. The maximum atomic E-state index is 4.79. The Morgan fingerprint density at radius 2 is 1.93 bits per heavy atom. The monoisotopic (exact) mass is 394 g/mol. The third-order valence-electron chi connectivity index (χ3n) is 6.14. The summed E-state index contributed by atoms with van der Waals surface area (Å²) in [5, 5.41) is 5.88. The van der Waals surface area contributed by atoms with Crippen LogP contribution in [0, 0.1) is 0 Å². The van der Waals surface area contributed by atoms with Gasteiger partial charge in [-0.3, -0.25) is 9.67 Å². The Balaban J connectivity index is 1.55. The molecule has 0 amide bonds. The van der Waals surface area contributed by atoms with Crippen molar-refractivity contribution >= 4 is 27.6 Å². The Morgan fingerprint density at radius 3 is 2.83 bits per heavy atom. The van der Waals surface area contributed by atoms with E-state index in [2.05, 4.69) is 40.1 Å². The van der Waals surface area contributed by atoms with E-state index < -0.39 is 0 Å². The molecular weight excluding hydrogens is 372 g/mol. The van der Waals surface area contributed by atoms with Gasteiger partial charge in [0.15, 0.2) is 5.82 Å². The van der Waals surface area contributed by atoms with Crippen LogP contribution in [0.25, 0.3) is 44.6 Å². The fourth-order valence-corrected chi connectivity index (χ4v) is 4.60. The summed E-state index contributed by atoms with van der Waals surface area (Å²) < 4.78 is 1.92. The molecule has 30 heavy (non-hydrogen) atoms. The summed E-state index contributed by atoms with van der Waals surface area (Å²) in [7, 11) is 4.13. The topological polar surface area (TPSA) is 62.6 Å². The molecule has 6 rings (SSSR count). The minimum atomic E-state index is 0.798. The number of fused-ring (bicyclic) bond motifs is 3. The van der Waals surface area contributed by atoms with Crippen molar-refractivity contribution in [3.8, 4) is 22.6 Å². The molecule has 0 unspecified atom stereocenters. The molecule has 1 N–H and O–H groups in total. The summed E-state index contributed by atoms with van der Waals surface area (Å²) in [5.41, 5.74) is 8.94. The van der Waals surface area contributed by atoms with E-state index in [9.17, 15) is 0 Å². The summed E-state index contributed by atoms with van der Waals surface area (Å²) in [5.74, 6) is 0.798. The van der Waals surface area contributed by atoms with Crippen LogP contribution in [-0.2, 0) is 13.5 Å². The summed E-state index contributed by atoms with van der Waals surface area (Å²) >= 11 is 0. The SMILES string of the molecule is CN1CCCc2c(-c3ccc4c(c3)c(-c3nc5ccccc5[nH]3)nn4C)cncc21. The quantitative estimate of drug-likeness (QED) is 0.477. The van der Waals surface area contributed by atoms with Gasteiger partial charge in [0, 0.05) is 37.8 Å². The van der Waals surface area contributed by atoms with Crippen LogP contribution in [0.2, 0.25) is 0 Å². The highest BCUT2D eigenvalue weighted by atomic mass is 15.3. The van der Waals surface area contributed by atoms with Gasteiger partial charge in [-0.05, 0) is 48.2 Å². The number of hydrogen-bond donors (Lipinski definition) is 1. The molecule has 4 heterocycles. The molecule has 0 aliphatic carbocycles. The summed E-state index contributed by atoms with van der Waals surface area (Å²) in [6, 6.07) is 14.6. The second-order valence-electron chi connectivity index (χ2n) is 8.02. The number of pyridine rings is 1. The molecule has 0 fully saturated rings. The lowest BCUT2D eigenvalue weighted by atomic mass is 9.94. The van der Waals surface area contributed by atoms with Gasteiger partial charge in [-0.25, -0.2) is 4.98 Å². The first-order valence-corrected chi connectivity index (χ1v) is 10.3. The standard InChI is InChI=1S/C24H22N6/c1-29-11-5-6-16-18(13-25-14-22(16)29)15-9-10-21-17(12-15)23(28-30(21)2)24-26-19-7-3-4-8-20(19)27-24/h3-4,7-10,12-14H,5-6,11H2,1-2H3,(H,26,27). The minimum absolute atomic E-state index is 0.798. The van der Waals surface area contributed by atoms with E-state index in [0.29, 0.717) is 0 Å². The smallest absolute Gasteiger partial charge is 0.159 e. The number of H-pyrrole nitrogens is 1. The van der Waals surface area contributed by atoms with Crippen molar-refractivity contribution in [3.05, 3.63) is 60.4 Å². The van der Waals surface area contributed by atoms with Crippen LogP contribution in [0.3, 0.4) is 0 Å². The van der Waals surface area contributed by atoms with Crippen LogP contribution in [0.1, 0.15) is 12.0 Å². The van der Waals surface area contributed by atoms with E-state index in [-0.39, 0.29) is 0 Å². The number of imidazole rings is 1. The number of aryl methyl sites for hydroxylation is 1. The van der Waals surface area contributed by atoms with E-state index >= 15 is 0 Å². The molecule has 3 aromatic heterocycles. The van der Waals surface area contributed by atoms with Crippen LogP contribution in [0.5, 0.6) is 0 Å². The van der Waals surface area contributed by atoms with Crippen LogP contribution in [0.15, 0.2) is 54.9 Å². The van der Waals surface area contributed by atoms with Gasteiger partial charge < -0.3 is 9.88 Å². The largest absolute Gasteiger partial charge is 0.373 e. The fourth-order valence-electron chi connectivity index (χ4n) is 4.60. The molecule has 148 valence electrons. The molecule has 0 spiro atoms. The highest BCUT2D eigenvalue weighted by molar-refractivity contribution is 5.96. The first kappa shape index (κ1) is 17.2. The van der Waals surface area contributed by atoms with Crippen molar-refractivity contribution < 1.29 is 0 Å². The number of aromatic amines is 1. The van der Waals surface area contributed by atoms with E-state index in [1.165, 1.54) is 28.8 Å². The summed E-state index contributed by atoms with van der Waals surface area (Å²) in [4.78, 5) is 15.0. The number of benzene rings is 2. The fraction of sp³-hybridized carbons (Fsp3) is 0.208. The molecule has 1 aliphatic heterocycles. The average molecular weight is 394 g/mol. The highest BCUT2D eigenvalue weighted by Crippen LogP contribution is 2.36. The van der Waals surface area contributed by atoms with Gasteiger partial charge in [-0.15, -0.1) is 0 Å². The molecule has 0 saturated carbocycles. The maximum absolute atomic E-state index is 4.79. The molecule has 0 bridgehead atoms. The van der Waals surface area contributed by atoms with Gasteiger partial charge in [0.05, 0.1) is 28.4 Å². The van der Waals surface area contributed by atoms with E-state index in [1.54, 1.807) is 0 Å². The third-order valence-corrected chi connectivity index (χ3v) is 6.14. The second-order valence-corrected chi connectivity index (χ2v) is 8.02. The van der Waals surface area contributed by atoms with E-state index in [0.717, 1.165) is 46.4 Å². The van der Waals surface area contributed by atoms with Crippen LogP contribution < -0.4 is 4.90 Å². The van der Waals surface area contributed by atoms with Crippen molar-refractivity contribution in [2.75, 3.05) is 18.5 Å². The summed E-state index contributed by atoms with van der Waals surface area (Å²) in [6.45, 7) is 1.08. The second kappa shape index (κ2) is 6.42. The van der Waals surface area contributed by atoms with Crippen molar-refractivity contribution in [2.45, 2.75) is 12.8 Å². The van der Waals surface area contributed by atoms with Crippen molar-refractivity contribution in [1.82, 2.24) is 24.7 Å². The predicted octanol–water partition coefficient (Wildman–Crippen LogP) is 4.56. The van der Waals surface area contributed by atoms with Crippen molar-refractivity contribution in [3.63, 3.8) is 0 Å². The number of nitrogens with zero attached hydrogens (tertiary/aromatic N) is 5. The lowest BCUT2D eigenvalue weighted by Crippen LogP contribution is -2.25. The van der Waals surface area contributed by atoms with Gasteiger partial charge in [-0.1, -0.05) is 18.2 Å². The molecule has 6 nitrogen and oxygen atoms in total. The molecule has 2 aromatic carbocycles. The van der Waals surface area contributed by atoms with Crippen LogP contribution in [-0.4, -0.2) is 38.3 Å². The number of nitrogens with one attached hydrogen (secondary N) is 1. The maximum Gasteiger partial charge on any atom is 0.159 e. The zero-order valence-corrected chi connectivity index (χ0v) is 17.1. The van der Waals surface area contributed by atoms with Gasteiger partial charge >= 0.3 is 0 Å². The van der Waals surface area contributed by atoms with E-state index in [1.807, 2.05) is 48.4 Å². The molecule has 6 heteroatoms. The first-order chi connectivity index (χ1) is 14.7. The van der Waals surface area contributed by atoms with E-state index in [4.69, 9.17) is 10.1 Å². The predicted molar refractivity (Wildman–Crippen MR) is 121 cm³/mol. The Kier molecular flexibility index (Phi) is 3.68. The van der Waals surface area contributed by atoms with Gasteiger partial charge in [0.25, 0.3) is 0 Å². The zero-order valence-electron chi connectivity index (χ0n) is 17.1. The summed E-state index contributed by atoms with van der Waals surface area (Å²) in [6.07, 6.45) is 6.23. The molecule has 1 aliphatic rings. The normalized spacial score (nSPS) is 13.9. The van der Waals surface area contributed by atoms with Crippen LogP contribution >= 0.6 is 0 Å². The third kappa shape index (κ3) is 2.53. The van der Waals surface area contributed by atoms with Gasteiger partial charge in [0.1, 0.15) is 5.69 Å². The number of rotatable bonds is 2. The lowest BCUT2D eigenvalue weighted by molar-refractivity contribution is 0.742. The number of aromatic nitrogens is 5. The zero-order chi connectivity index (χ0) is 20.2. The van der Waals surface area contributed by atoms with Gasteiger partial charge in [0.2, 0.25) is 0 Å². The van der Waals surface area contributed by atoms with Gasteiger partial charge in [-0.2, -0.15) is 5.10 Å². The Hall–Kier alpha value is -3.67. The molecule has 0 radical (unpaired) electrons. The first-order valence-electron chi connectivity index (χ1n) is 10.3. The number of para-hydroxylation sites is 2. The molecule has 0 saturated heterocycles. The average Bonchev–Trinajstić information content (AvgIpc) is 3.34. The van der Waals surface area contributed by atoms with Crippen LogP contribution in [0.4, 0.5) is 5.69 Å². The lowest BCUT2D eigenvalue weighted by Gasteiger charge is -2.28. The Morgan fingerprint density at radius 1 is 1.03 bits per heavy atom. The Labute approximate surface area is 174 Å². The molecule has 5 aromatic rings. The number of anilines is 1. The highest BCUT2D eigenvalue weighted by Gasteiger charge is 2.20. The molecule has 0 atom stereocenters.